The predicted molar refractivity (Wildman–Crippen MR) is 72.9 cm³/mol. The molecule has 1 fully saturated rings. The maximum absolute atomic E-state index is 6.32. The average molecular weight is 232 g/mol. The minimum Gasteiger partial charge on any atom is -0.323 e. The normalized spacial score (nSPS) is 22.9. The highest BCUT2D eigenvalue weighted by atomic mass is 15.2. The maximum atomic E-state index is 6.32. The van der Waals surface area contributed by atoms with Crippen LogP contribution in [0.2, 0.25) is 0 Å². The third-order valence-electron chi connectivity index (χ3n) is 3.99. The van der Waals surface area contributed by atoms with Crippen LogP contribution < -0.4 is 5.73 Å². The first kappa shape index (κ1) is 12.6. The van der Waals surface area contributed by atoms with Gasteiger partial charge in [-0.15, -0.1) is 0 Å². The van der Waals surface area contributed by atoms with E-state index in [2.05, 4.69) is 43.0 Å². The Bertz CT molecular complexity index is 362. The molecule has 17 heavy (non-hydrogen) atoms. The van der Waals surface area contributed by atoms with E-state index >= 15 is 0 Å². The molecule has 2 nitrogen and oxygen atoms in total. The third-order valence-corrected chi connectivity index (χ3v) is 3.99. The molecule has 2 rings (SSSR count). The lowest BCUT2D eigenvalue weighted by Gasteiger charge is -2.22. The summed E-state index contributed by atoms with van der Waals surface area (Å²) >= 11 is 0. The van der Waals surface area contributed by atoms with Gasteiger partial charge >= 0.3 is 0 Å². The Balaban J connectivity index is 1.94. The molecule has 0 aliphatic carbocycles. The molecule has 0 bridgehead atoms. The van der Waals surface area contributed by atoms with Crippen molar-refractivity contribution in [2.75, 3.05) is 19.6 Å². The minimum absolute atomic E-state index is 0.159. The monoisotopic (exact) mass is 232 g/mol. The molecule has 1 aromatic carbocycles. The Morgan fingerprint density at radius 1 is 1.41 bits per heavy atom. The first-order valence-corrected chi connectivity index (χ1v) is 6.74. The number of likely N-dealkylation sites (tertiary alicyclic amines) is 1. The molecule has 0 saturated carbocycles. The van der Waals surface area contributed by atoms with Crippen LogP contribution in [0.3, 0.4) is 0 Å². The quantitative estimate of drug-likeness (QED) is 0.865. The Morgan fingerprint density at radius 2 is 2.18 bits per heavy atom. The highest BCUT2D eigenvalue weighted by Crippen LogP contribution is 2.22. The van der Waals surface area contributed by atoms with Crippen molar-refractivity contribution in [1.29, 1.82) is 0 Å². The van der Waals surface area contributed by atoms with Crippen LogP contribution in [0.4, 0.5) is 0 Å². The van der Waals surface area contributed by atoms with Gasteiger partial charge in [0.05, 0.1) is 0 Å². The molecule has 1 aliphatic heterocycles. The van der Waals surface area contributed by atoms with Crippen molar-refractivity contribution in [3.8, 4) is 0 Å². The number of aryl methyl sites for hydroxylation is 1. The number of nitrogens with zero attached hydrogens (tertiary/aromatic N) is 1. The zero-order valence-electron chi connectivity index (χ0n) is 11.0. The molecule has 2 unspecified atom stereocenters. The first-order valence-electron chi connectivity index (χ1n) is 6.74. The van der Waals surface area contributed by atoms with Gasteiger partial charge in [-0.2, -0.15) is 0 Å². The van der Waals surface area contributed by atoms with Gasteiger partial charge < -0.3 is 10.6 Å². The fourth-order valence-electron chi connectivity index (χ4n) is 2.79. The van der Waals surface area contributed by atoms with Crippen molar-refractivity contribution in [3.05, 3.63) is 35.4 Å². The highest BCUT2D eigenvalue weighted by molar-refractivity contribution is 5.28. The van der Waals surface area contributed by atoms with Gasteiger partial charge in [0, 0.05) is 19.1 Å². The van der Waals surface area contributed by atoms with E-state index in [1.807, 2.05) is 0 Å². The van der Waals surface area contributed by atoms with Crippen molar-refractivity contribution in [2.45, 2.75) is 32.7 Å². The topological polar surface area (TPSA) is 29.3 Å². The zero-order chi connectivity index (χ0) is 12.3. The molecule has 0 aromatic heterocycles. The predicted octanol–water partition coefficient (Wildman–Crippen LogP) is 2.73. The van der Waals surface area contributed by atoms with Crippen molar-refractivity contribution in [2.24, 2.45) is 11.7 Å². The van der Waals surface area contributed by atoms with Gasteiger partial charge in [-0.25, -0.2) is 0 Å². The molecular formula is C15H24N2. The second-order valence-corrected chi connectivity index (χ2v) is 5.29. The molecule has 2 atom stereocenters. The second-order valence-electron chi connectivity index (χ2n) is 5.29. The van der Waals surface area contributed by atoms with E-state index in [1.165, 1.54) is 37.1 Å². The van der Waals surface area contributed by atoms with Crippen LogP contribution in [0.5, 0.6) is 0 Å². The van der Waals surface area contributed by atoms with E-state index in [9.17, 15) is 0 Å². The molecule has 1 aromatic rings. The number of nitrogens with two attached hydrogens (primary N) is 1. The van der Waals surface area contributed by atoms with E-state index < -0.39 is 0 Å². The lowest BCUT2D eigenvalue weighted by molar-refractivity contribution is 0.302. The lowest BCUT2D eigenvalue weighted by Crippen LogP contribution is -2.30. The molecule has 0 spiro atoms. The van der Waals surface area contributed by atoms with Crippen LogP contribution >= 0.6 is 0 Å². The molecule has 1 heterocycles. The first-order chi connectivity index (χ1) is 8.20. The van der Waals surface area contributed by atoms with E-state index in [4.69, 9.17) is 5.73 Å². The second kappa shape index (κ2) is 5.65. The summed E-state index contributed by atoms with van der Waals surface area (Å²) in [5, 5.41) is 0. The highest BCUT2D eigenvalue weighted by Gasteiger charge is 2.22. The summed E-state index contributed by atoms with van der Waals surface area (Å²) in [7, 11) is 0. The molecular weight excluding hydrogens is 208 g/mol. The summed E-state index contributed by atoms with van der Waals surface area (Å²) in [6, 6.07) is 8.63. The van der Waals surface area contributed by atoms with Crippen LogP contribution in [-0.2, 0) is 0 Å². The van der Waals surface area contributed by atoms with Crippen LogP contribution in [-0.4, -0.2) is 24.5 Å². The summed E-state index contributed by atoms with van der Waals surface area (Å²) in [5.41, 5.74) is 8.93. The fourth-order valence-corrected chi connectivity index (χ4v) is 2.79. The minimum atomic E-state index is 0.159. The number of hydrogen-bond donors (Lipinski definition) is 1. The molecule has 94 valence electrons. The Labute approximate surface area is 105 Å². The molecule has 2 heteroatoms. The van der Waals surface area contributed by atoms with Crippen molar-refractivity contribution >= 4 is 0 Å². The third kappa shape index (κ3) is 3.08. The molecule has 1 saturated heterocycles. The van der Waals surface area contributed by atoms with Crippen molar-refractivity contribution < 1.29 is 0 Å². The van der Waals surface area contributed by atoms with E-state index in [1.54, 1.807) is 0 Å². The summed E-state index contributed by atoms with van der Waals surface area (Å²) in [5.74, 6) is 0.888. The van der Waals surface area contributed by atoms with Gasteiger partial charge in [0.15, 0.2) is 0 Å². The number of rotatable bonds is 4. The van der Waals surface area contributed by atoms with E-state index in [0.29, 0.717) is 0 Å². The summed E-state index contributed by atoms with van der Waals surface area (Å²) < 4.78 is 0. The Morgan fingerprint density at radius 3 is 2.82 bits per heavy atom. The van der Waals surface area contributed by atoms with Crippen LogP contribution in [0.1, 0.15) is 36.9 Å². The van der Waals surface area contributed by atoms with Gasteiger partial charge in [-0.3, -0.25) is 0 Å². The van der Waals surface area contributed by atoms with Gasteiger partial charge in [-0.05, 0) is 36.9 Å². The van der Waals surface area contributed by atoms with E-state index in [-0.39, 0.29) is 6.04 Å². The molecule has 0 radical (unpaired) electrons. The van der Waals surface area contributed by atoms with Crippen LogP contribution in [0, 0.1) is 12.8 Å². The lowest BCUT2D eigenvalue weighted by atomic mass is 10.0. The smallest absolute Gasteiger partial charge is 0.0426 e. The van der Waals surface area contributed by atoms with Gasteiger partial charge in [0.25, 0.3) is 0 Å². The number of hydrogen-bond acceptors (Lipinski definition) is 2. The molecule has 0 amide bonds. The van der Waals surface area contributed by atoms with Gasteiger partial charge in [0.2, 0.25) is 0 Å². The average Bonchev–Trinajstić information content (AvgIpc) is 2.77. The zero-order valence-corrected chi connectivity index (χ0v) is 11.0. The Kier molecular flexibility index (Phi) is 4.19. The largest absolute Gasteiger partial charge is 0.323 e. The maximum Gasteiger partial charge on any atom is 0.0426 e. The van der Waals surface area contributed by atoms with Crippen LogP contribution in [0.25, 0.3) is 0 Å². The van der Waals surface area contributed by atoms with E-state index in [0.717, 1.165) is 12.5 Å². The van der Waals surface area contributed by atoms with Crippen LogP contribution in [0.15, 0.2) is 24.3 Å². The van der Waals surface area contributed by atoms with Crippen molar-refractivity contribution in [1.82, 2.24) is 4.90 Å². The van der Waals surface area contributed by atoms with Crippen molar-refractivity contribution in [3.63, 3.8) is 0 Å². The summed E-state index contributed by atoms with van der Waals surface area (Å²) in [6.07, 6.45) is 2.65. The number of benzene rings is 1. The standard InChI is InChI=1S/C15H24N2/c1-3-13-8-9-17(10-13)11-15(16)14-7-5-4-6-12(14)2/h4-7,13,15H,3,8-11,16H2,1-2H3. The summed E-state index contributed by atoms with van der Waals surface area (Å²) in [4.78, 5) is 2.52. The molecule has 2 N–H and O–H groups in total. The summed E-state index contributed by atoms with van der Waals surface area (Å²) in [6.45, 7) is 7.89. The fraction of sp³-hybridized carbons (Fsp3) is 0.600. The van der Waals surface area contributed by atoms with Gasteiger partial charge in [0.1, 0.15) is 0 Å². The SMILES string of the molecule is CCC1CCN(CC(N)c2ccccc2C)C1. The Hall–Kier alpha value is -0.860. The molecule has 1 aliphatic rings. The van der Waals surface area contributed by atoms with Gasteiger partial charge in [-0.1, -0.05) is 37.6 Å².